The van der Waals surface area contributed by atoms with Gasteiger partial charge in [-0.05, 0) is 32.0 Å². The second-order valence-corrected chi connectivity index (χ2v) is 6.80. The number of benzene rings is 1. The van der Waals surface area contributed by atoms with E-state index < -0.39 is 0 Å². The number of halogens is 1. The van der Waals surface area contributed by atoms with Crippen molar-refractivity contribution in [3.05, 3.63) is 34.9 Å². The summed E-state index contributed by atoms with van der Waals surface area (Å²) < 4.78 is 5.93. The fourth-order valence-corrected chi connectivity index (χ4v) is 3.37. The summed E-state index contributed by atoms with van der Waals surface area (Å²) >= 11 is 6.27. The number of ether oxygens (including phenoxy) is 1. The van der Waals surface area contributed by atoms with Gasteiger partial charge < -0.3 is 15.0 Å². The van der Waals surface area contributed by atoms with E-state index in [0.717, 1.165) is 18.7 Å². The average Bonchev–Trinajstić information content (AvgIpc) is 2.46. The van der Waals surface area contributed by atoms with Gasteiger partial charge in [-0.2, -0.15) is 0 Å². The number of rotatable bonds is 3. The molecule has 1 aromatic carbocycles. The summed E-state index contributed by atoms with van der Waals surface area (Å²) in [6.07, 6.45) is -0.138. The Hall–Kier alpha value is -1.10. The second-order valence-electron chi connectivity index (χ2n) is 6.39. The molecular weight excluding hydrogens is 300 g/mol. The molecule has 2 aliphatic rings. The molecule has 2 fully saturated rings. The molecule has 1 amide bonds. The molecule has 0 bridgehead atoms. The number of nitrogens with one attached hydrogen (secondary N) is 1. The molecule has 120 valence electrons. The summed E-state index contributed by atoms with van der Waals surface area (Å²) in [7, 11) is 0. The largest absolute Gasteiger partial charge is 0.369 e. The monoisotopic (exact) mass is 322 g/mol. The normalized spacial score (nSPS) is 27.3. The van der Waals surface area contributed by atoms with Gasteiger partial charge in [0.1, 0.15) is 6.10 Å². The zero-order valence-corrected chi connectivity index (χ0v) is 13.8. The van der Waals surface area contributed by atoms with E-state index in [1.807, 2.05) is 43.0 Å². The van der Waals surface area contributed by atoms with Crippen LogP contribution in [0.15, 0.2) is 24.3 Å². The lowest BCUT2D eigenvalue weighted by Gasteiger charge is -2.42. The summed E-state index contributed by atoms with van der Waals surface area (Å²) in [5, 5.41) is 3.94. The molecule has 2 saturated heterocycles. The first-order valence-corrected chi connectivity index (χ1v) is 8.33. The first-order chi connectivity index (χ1) is 10.6. The van der Waals surface area contributed by atoms with Crippen LogP contribution in [0.1, 0.15) is 25.5 Å². The number of hydrogen-bond donors (Lipinski definition) is 1. The Labute approximate surface area is 136 Å². The molecule has 22 heavy (non-hydrogen) atoms. The quantitative estimate of drug-likeness (QED) is 0.929. The molecule has 0 aliphatic carbocycles. The van der Waals surface area contributed by atoms with E-state index >= 15 is 0 Å². The second kappa shape index (κ2) is 6.57. The van der Waals surface area contributed by atoms with Crippen molar-refractivity contribution < 1.29 is 9.53 Å². The van der Waals surface area contributed by atoms with Gasteiger partial charge in [0.25, 0.3) is 0 Å². The van der Waals surface area contributed by atoms with Crippen molar-refractivity contribution >= 4 is 17.5 Å². The van der Waals surface area contributed by atoms with Crippen LogP contribution in [-0.2, 0) is 9.53 Å². The molecule has 5 heteroatoms. The molecule has 0 aromatic heterocycles. The first-order valence-electron chi connectivity index (χ1n) is 7.95. The van der Waals surface area contributed by atoms with Gasteiger partial charge >= 0.3 is 0 Å². The van der Waals surface area contributed by atoms with Gasteiger partial charge in [-0.25, -0.2) is 0 Å². The standard InChI is InChI=1S/C17H23ClN2O2/c1-11-10-22-16(14-5-3-4-6-15(14)18)9-20(11)17(21)12(2)13-7-19-8-13/h3-6,11-13,16,19H,7-10H2,1-2H3. The molecule has 1 N–H and O–H groups in total. The van der Waals surface area contributed by atoms with Crippen molar-refractivity contribution in [2.45, 2.75) is 26.0 Å². The van der Waals surface area contributed by atoms with Crippen molar-refractivity contribution in [3.63, 3.8) is 0 Å². The zero-order chi connectivity index (χ0) is 15.7. The van der Waals surface area contributed by atoms with Crippen molar-refractivity contribution in [2.75, 3.05) is 26.2 Å². The van der Waals surface area contributed by atoms with E-state index in [0.29, 0.717) is 24.1 Å². The molecule has 3 rings (SSSR count). The number of morpholine rings is 1. The Morgan fingerprint density at radius 1 is 1.41 bits per heavy atom. The summed E-state index contributed by atoms with van der Waals surface area (Å²) in [5.74, 6) is 0.759. The van der Waals surface area contributed by atoms with Crippen molar-refractivity contribution in [1.29, 1.82) is 0 Å². The Morgan fingerprint density at radius 2 is 2.14 bits per heavy atom. The van der Waals surface area contributed by atoms with Gasteiger partial charge in [0.15, 0.2) is 0 Å². The molecule has 2 aliphatic heterocycles. The van der Waals surface area contributed by atoms with E-state index in [4.69, 9.17) is 16.3 Å². The molecule has 0 radical (unpaired) electrons. The third-order valence-electron chi connectivity index (χ3n) is 4.88. The highest BCUT2D eigenvalue weighted by molar-refractivity contribution is 6.31. The van der Waals surface area contributed by atoms with Crippen LogP contribution < -0.4 is 5.32 Å². The Balaban J connectivity index is 1.73. The van der Waals surface area contributed by atoms with Crippen molar-refractivity contribution in [3.8, 4) is 0 Å². The van der Waals surface area contributed by atoms with E-state index in [1.165, 1.54) is 0 Å². The van der Waals surface area contributed by atoms with Gasteiger partial charge in [0.2, 0.25) is 5.91 Å². The van der Waals surface area contributed by atoms with Crippen LogP contribution in [0.5, 0.6) is 0 Å². The third-order valence-corrected chi connectivity index (χ3v) is 5.22. The summed E-state index contributed by atoms with van der Waals surface area (Å²) in [6, 6.07) is 7.82. The molecule has 3 unspecified atom stereocenters. The number of carbonyl (C=O) groups excluding carboxylic acids is 1. The number of nitrogens with zero attached hydrogens (tertiary/aromatic N) is 1. The lowest BCUT2D eigenvalue weighted by Crippen LogP contribution is -2.55. The highest BCUT2D eigenvalue weighted by atomic mass is 35.5. The average molecular weight is 323 g/mol. The third kappa shape index (κ3) is 3.00. The number of hydrogen-bond acceptors (Lipinski definition) is 3. The highest BCUT2D eigenvalue weighted by Gasteiger charge is 2.37. The maximum atomic E-state index is 12.8. The fourth-order valence-electron chi connectivity index (χ4n) is 3.12. The van der Waals surface area contributed by atoms with E-state index in [1.54, 1.807) is 0 Å². The molecule has 0 saturated carbocycles. The van der Waals surface area contributed by atoms with Crippen LogP contribution in [0.4, 0.5) is 0 Å². The lowest BCUT2D eigenvalue weighted by molar-refractivity contribution is -0.150. The van der Waals surface area contributed by atoms with Crippen LogP contribution in [-0.4, -0.2) is 43.1 Å². The van der Waals surface area contributed by atoms with Gasteiger partial charge in [-0.3, -0.25) is 4.79 Å². The maximum absolute atomic E-state index is 12.8. The van der Waals surface area contributed by atoms with Crippen LogP contribution in [0.25, 0.3) is 0 Å². The molecule has 1 aromatic rings. The zero-order valence-electron chi connectivity index (χ0n) is 13.1. The molecular formula is C17H23ClN2O2. The molecule has 4 nitrogen and oxygen atoms in total. The maximum Gasteiger partial charge on any atom is 0.226 e. The van der Waals surface area contributed by atoms with Crippen LogP contribution in [0.3, 0.4) is 0 Å². The van der Waals surface area contributed by atoms with E-state index in [-0.39, 0.29) is 24.0 Å². The van der Waals surface area contributed by atoms with Gasteiger partial charge in [0.05, 0.1) is 19.2 Å². The van der Waals surface area contributed by atoms with Crippen molar-refractivity contribution in [1.82, 2.24) is 10.2 Å². The van der Waals surface area contributed by atoms with Gasteiger partial charge in [-0.15, -0.1) is 0 Å². The number of carbonyl (C=O) groups is 1. The summed E-state index contributed by atoms with van der Waals surface area (Å²) in [4.78, 5) is 14.8. The molecule has 0 spiro atoms. The van der Waals surface area contributed by atoms with Gasteiger partial charge in [0, 0.05) is 16.5 Å². The summed E-state index contributed by atoms with van der Waals surface area (Å²) in [6.45, 7) is 7.11. The SMILES string of the molecule is CC(C(=O)N1CC(c2ccccc2Cl)OCC1C)C1CNC1. The molecule has 3 atom stereocenters. The van der Waals surface area contributed by atoms with E-state index in [2.05, 4.69) is 5.32 Å². The smallest absolute Gasteiger partial charge is 0.226 e. The van der Waals surface area contributed by atoms with Crippen LogP contribution in [0.2, 0.25) is 5.02 Å². The lowest BCUT2D eigenvalue weighted by atomic mass is 9.87. The van der Waals surface area contributed by atoms with Gasteiger partial charge in [-0.1, -0.05) is 36.7 Å². The number of amides is 1. The Morgan fingerprint density at radius 3 is 2.77 bits per heavy atom. The predicted octanol–water partition coefficient (Wildman–Crippen LogP) is 2.48. The van der Waals surface area contributed by atoms with Crippen LogP contribution >= 0.6 is 11.6 Å². The predicted molar refractivity (Wildman–Crippen MR) is 86.8 cm³/mol. The minimum absolute atomic E-state index is 0.0636. The summed E-state index contributed by atoms with van der Waals surface area (Å²) in [5.41, 5.74) is 0.965. The first kappa shape index (κ1) is 15.8. The minimum Gasteiger partial charge on any atom is -0.369 e. The van der Waals surface area contributed by atoms with E-state index in [9.17, 15) is 4.79 Å². The Kier molecular flexibility index (Phi) is 4.71. The molecule has 2 heterocycles. The highest BCUT2D eigenvalue weighted by Crippen LogP contribution is 2.31. The topological polar surface area (TPSA) is 41.6 Å². The van der Waals surface area contributed by atoms with Crippen molar-refractivity contribution in [2.24, 2.45) is 11.8 Å². The Bertz CT molecular complexity index is 547. The van der Waals surface area contributed by atoms with Crippen LogP contribution in [0, 0.1) is 11.8 Å². The minimum atomic E-state index is -0.138. The fraction of sp³-hybridized carbons (Fsp3) is 0.588.